The minimum atomic E-state index is -0.463. The first-order valence-corrected chi connectivity index (χ1v) is 11.2. The van der Waals surface area contributed by atoms with E-state index >= 15 is 0 Å². The largest absolute Gasteiger partial charge is 0.463 e. The van der Waals surface area contributed by atoms with Crippen molar-refractivity contribution in [3.8, 4) is 0 Å². The molecule has 1 fully saturated rings. The fraction of sp³-hybridized carbons (Fsp3) is 0.619. The smallest absolute Gasteiger partial charge is 0.338 e. The van der Waals surface area contributed by atoms with Crippen molar-refractivity contribution in [2.75, 3.05) is 26.7 Å². The van der Waals surface area contributed by atoms with E-state index in [1.54, 1.807) is 16.2 Å². The van der Waals surface area contributed by atoms with Gasteiger partial charge in [0, 0.05) is 24.8 Å². The Morgan fingerprint density at radius 3 is 2.68 bits per heavy atom. The standard InChI is InChI=1S/C21H31N3O3S/c1-4-24-17(13-23(3)16-9-7-6-8-10-16)18(20(25)27-5-2)19(22-21(24)26)15-11-12-28-14-15/h11-12,14,16,19H,4-10,13H2,1-3H3,(H,22,26)/t19-/m0/s1. The summed E-state index contributed by atoms with van der Waals surface area (Å²) in [5.74, 6) is -0.343. The SMILES string of the molecule is CCOC(=O)C1=C(CN(C)C2CCCCC2)N(CC)C(=O)N[C@H]1c1ccsc1. The van der Waals surface area contributed by atoms with E-state index in [9.17, 15) is 9.59 Å². The number of hydrogen-bond acceptors (Lipinski definition) is 5. The summed E-state index contributed by atoms with van der Waals surface area (Å²) in [7, 11) is 2.10. The zero-order valence-corrected chi connectivity index (χ0v) is 17.9. The van der Waals surface area contributed by atoms with E-state index in [4.69, 9.17) is 4.74 Å². The van der Waals surface area contributed by atoms with Gasteiger partial charge in [0.25, 0.3) is 0 Å². The van der Waals surface area contributed by atoms with Crippen LogP contribution in [0, 0.1) is 0 Å². The van der Waals surface area contributed by atoms with Gasteiger partial charge in [0.2, 0.25) is 0 Å². The third kappa shape index (κ3) is 4.41. The topological polar surface area (TPSA) is 61.9 Å². The van der Waals surface area contributed by atoms with Crippen LogP contribution in [0.15, 0.2) is 28.1 Å². The monoisotopic (exact) mass is 405 g/mol. The molecule has 154 valence electrons. The van der Waals surface area contributed by atoms with Gasteiger partial charge in [0.15, 0.2) is 0 Å². The van der Waals surface area contributed by atoms with Gasteiger partial charge in [-0.05, 0) is 56.1 Å². The fourth-order valence-corrected chi connectivity index (χ4v) is 4.92. The number of hydrogen-bond donors (Lipinski definition) is 1. The molecule has 1 N–H and O–H groups in total. The second kappa shape index (κ2) is 9.56. The Kier molecular flexibility index (Phi) is 7.13. The minimum absolute atomic E-state index is 0.154. The molecule has 1 aliphatic carbocycles. The van der Waals surface area contributed by atoms with Crippen LogP contribution < -0.4 is 5.32 Å². The molecule has 0 radical (unpaired) electrons. The summed E-state index contributed by atoms with van der Waals surface area (Å²) >= 11 is 1.56. The molecule has 0 saturated heterocycles. The van der Waals surface area contributed by atoms with Crippen molar-refractivity contribution in [2.24, 2.45) is 0 Å². The van der Waals surface area contributed by atoms with Gasteiger partial charge in [-0.15, -0.1) is 0 Å². The van der Waals surface area contributed by atoms with Crippen molar-refractivity contribution in [3.63, 3.8) is 0 Å². The summed E-state index contributed by atoms with van der Waals surface area (Å²) in [6, 6.07) is 1.83. The van der Waals surface area contributed by atoms with Crippen LogP contribution in [0.2, 0.25) is 0 Å². The Balaban J connectivity index is 2.00. The summed E-state index contributed by atoms with van der Waals surface area (Å²) in [5, 5.41) is 6.95. The van der Waals surface area contributed by atoms with E-state index in [-0.39, 0.29) is 12.0 Å². The second-order valence-electron chi connectivity index (χ2n) is 7.47. The van der Waals surface area contributed by atoms with Crippen molar-refractivity contribution in [2.45, 2.75) is 58.0 Å². The molecule has 1 aliphatic heterocycles. The zero-order chi connectivity index (χ0) is 20.1. The van der Waals surface area contributed by atoms with Gasteiger partial charge in [-0.2, -0.15) is 11.3 Å². The summed E-state index contributed by atoms with van der Waals surface area (Å²) < 4.78 is 5.41. The average molecular weight is 406 g/mol. The van der Waals surface area contributed by atoms with Crippen molar-refractivity contribution >= 4 is 23.3 Å². The van der Waals surface area contributed by atoms with E-state index in [2.05, 4.69) is 17.3 Å². The predicted octanol–water partition coefficient (Wildman–Crippen LogP) is 3.92. The molecule has 3 rings (SSSR count). The van der Waals surface area contributed by atoms with E-state index in [0.717, 1.165) is 11.3 Å². The molecule has 0 bridgehead atoms. The van der Waals surface area contributed by atoms with Crippen LogP contribution in [0.3, 0.4) is 0 Å². The molecule has 0 unspecified atom stereocenters. The highest BCUT2D eigenvalue weighted by Crippen LogP contribution is 2.33. The van der Waals surface area contributed by atoms with Gasteiger partial charge in [-0.25, -0.2) is 9.59 Å². The molecule has 2 heterocycles. The van der Waals surface area contributed by atoms with Gasteiger partial charge in [0.1, 0.15) is 0 Å². The Bertz CT molecular complexity index is 710. The van der Waals surface area contributed by atoms with Crippen LogP contribution in [-0.4, -0.2) is 54.6 Å². The summed E-state index contributed by atoms with van der Waals surface area (Å²) in [5.41, 5.74) is 2.26. The molecule has 28 heavy (non-hydrogen) atoms. The van der Waals surface area contributed by atoms with Gasteiger partial charge in [-0.1, -0.05) is 19.3 Å². The first kappa shape index (κ1) is 20.9. The van der Waals surface area contributed by atoms with Gasteiger partial charge in [-0.3, -0.25) is 9.80 Å². The van der Waals surface area contributed by atoms with Crippen molar-refractivity contribution in [1.29, 1.82) is 0 Å². The molecule has 6 nitrogen and oxygen atoms in total. The number of carbonyl (C=O) groups excluding carboxylic acids is 2. The van der Waals surface area contributed by atoms with Crippen LogP contribution >= 0.6 is 11.3 Å². The van der Waals surface area contributed by atoms with E-state index in [0.29, 0.717) is 31.3 Å². The lowest BCUT2D eigenvalue weighted by Crippen LogP contribution is -2.51. The summed E-state index contributed by atoms with van der Waals surface area (Å²) in [4.78, 5) is 29.8. The normalized spacial score (nSPS) is 21.2. The number of carbonyl (C=O) groups is 2. The number of nitrogens with one attached hydrogen (secondary N) is 1. The molecule has 0 aromatic carbocycles. The van der Waals surface area contributed by atoms with Gasteiger partial charge in [0.05, 0.1) is 18.2 Å². The molecule has 1 aromatic rings. The van der Waals surface area contributed by atoms with Crippen LogP contribution in [0.4, 0.5) is 4.79 Å². The van der Waals surface area contributed by atoms with Crippen molar-refractivity contribution in [1.82, 2.24) is 15.1 Å². The number of rotatable bonds is 7. The first-order chi connectivity index (χ1) is 13.6. The highest BCUT2D eigenvalue weighted by atomic mass is 32.1. The third-order valence-electron chi connectivity index (χ3n) is 5.72. The molecule has 7 heteroatoms. The predicted molar refractivity (Wildman–Crippen MR) is 111 cm³/mol. The average Bonchev–Trinajstić information content (AvgIpc) is 3.23. The van der Waals surface area contributed by atoms with Gasteiger partial charge < -0.3 is 10.1 Å². The zero-order valence-electron chi connectivity index (χ0n) is 17.1. The highest BCUT2D eigenvalue weighted by Gasteiger charge is 2.38. The van der Waals surface area contributed by atoms with Crippen LogP contribution in [0.1, 0.15) is 57.6 Å². The minimum Gasteiger partial charge on any atom is -0.463 e. The number of likely N-dealkylation sites (N-methyl/N-ethyl adjacent to an activating group) is 2. The molecular weight excluding hydrogens is 374 g/mol. The quantitative estimate of drug-likeness (QED) is 0.699. The Morgan fingerprint density at radius 1 is 1.32 bits per heavy atom. The van der Waals surface area contributed by atoms with Crippen molar-refractivity contribution < 1.29 is 14.3 Å². The lowest BCUT2D eigenvalue weighted by Gasteiger charge is -2.39. The molecule has 1 atom stereocenters. The Labute approximate surface area is 171 Å². The molecule has 2 amide bonds. The number of nitrogens with zero attached hydrogens (tertiary/aromatic N) is 2. The van der Waals surface area contributed by atoms with E-state index in [1.165, 1.54) is 32.1 Å². The maximum absolute atomic E-state index is 13.0. The number of urea groups is 1. The van der Waals surface area contributed by atoms with Crippen LogP contribution in [-0.2, 0) is 9.53 Å². The number of amides is 2. The second-order valence-corrected chi connectivity index (χ2v) is 8.25. The van der Waals surface area contributed by atoms with E-state index in [1.807, 2.05) is 30.7 Å². The number of esters is 1. The molecule has 0 spiro atoms. The molecule has 1 aromatic heterocycles. The van der Waals surface area contributed by atoms with Crippen molar-refractivity contribution in [3.05, 3.63) is 33.7 Å². The first-order valence-electron chi connectivity index (χ1n) is 10.3. The Morgan fingerprint density at radius 2 is 2.07 bits per heavy atom. The molecular formula is C21H31N3O3S. The van der Waals surface area contributed by atoms with Crippen LogP contribution in [0.25, 0.3) is 0 Å². The lowest BCUT2D eigenvalue weighted by atomic mass is 9.93. The maximum atomic E-state index is 13.0. The van der Waals surface area contributed by atoms with Crippen LogP contribution in [0.5, 0.6) is 0 Å². The highest BCUT2D eigenvalue weighted by molar-refractivity contribution is 7.08. The van der Waals surface area contributed by atoms with E-state index < -0.39 is 6.04 Å². The Hall–Kier alpha value is -1.86. The fourth-order valence-electron chi connectivity index (χ4n) is 4.23. The summed E-state index contributed by atoms with van der Waals surface area (Å²) in [6.07, 6.45) is 6.13. The third-order valence-corrected chi connectivity index (χ3v) is 6.43. The molecule has 2 aliphatic rings. The number of ether oxygens (including phenoxy) is 1. The lowest BCUT2D eigenvalue weighted by molar-refractivity contribution is -0.139. The van der Waals surface area contributed by atoms with Gasteiger partial charge >= 0.3 is 12.0 Å². The summed E-state index contributed by atoms with van der Waals surface area (Å²) in [6.45, 7) is 5.14. The molecule has 1 saturated carbocycles. The maximum Gasteiger partial charge on any atom is 0.338 e. The number of thiophene rings is 1.